The third-order valence-corrected chi connectivity index (χ3v) is 11.9. The van der Waals surface area contributed by atoms with E-state index in [9.17, 15) is 0 Å². The molecule has 0 saturated carbocycles. The van der Waals surface area contributed by atoms with Gasteiger partial charge in [-0.15, -0.1) is 0 Å². The molecule has 0 aromatic heterocycles. The Hall–Kier alpha value is -0.763. The van der Waals surface area contributed by atoms with E-state index in [-0.39, 0.29) is 23.4 Å². The van der Waals surface area contributed by atoms with Gasteiger partial charge in [-0.2, -0.15) is 0 Å². The predicted molar refractivity (Wildman–Crippen MR) is 147 cm³/mol. The molecule has 0 aliphatic carbocycles. The Morgan fingerprint density at radius 1 is 1.06 bits per heavy atom. The van der Waals surface area contributed by atoms with Gasteiger partial charge in [-0.05, 0) is 56.2 Å². The molecule has 3 rings (SSSR count). The first-order chi connectivity index (χ1) is 16.6. The fourth-order valence-corrected chi connectivity index (χ4v) is 5.83. The molecule has 0 unspecified atom stereocenters. The van der Waals surface area contributed by atoms with Crippen LogP contribution < -0.4 is 0 Å². The molecule has 2 fully saturated rings. The maximum atomic E-state index is 6.97. The van der Waals surface area contributed by atoms with Crippen LogP contribution in [0, 0.1) is 10.8 Å². The first-order valence-electron chi connectivity index (χ1n) is 12.7. The van der Waals surface area contributed by atoms with Crippen LogP contribution in [-0.2, 0) is 34.7 Å². The fourth-order valence-electron chi connectivity index (χ4n) is 4.34. The summed E-state index contributed by atoms with van der Waals surface area (Å²) in [5.74, 6) is 1.69. The summed E-state index contributed by atoms with van der Waals surface area (Å²) in [5, 5.41) is 0.0230. The van der Waals surface area contributed by atoms with E-state index in [1.54, 1.807) is 0 Å². The molecule has 0 radical (unpaired) electrons. The van der Waals surface area contributed by atoms with Crippen molar-refractivity contribution < 1.29 is 28.1 Å². The van der Waals surface area contributed by atoms with Crippen molar-refractivity contribution in [3.05, 3.63) is 35.9 Å². The minimum atomic E-state index is -2.17. The first kappa shape index (κ1) is 29.8. The Morgan fingerprint density at radius 2 is 1.72 bits per heavy atom. The third-order valence-electron chi connectivity index (χ3n) is 7.16. The Bertz CT molecular complexity index is 917. The van der Waals surface area contributed by atoms with E-state index in [1.165, 1.54) is 0 Å². The van der Waals surface area contributed by atoms with E-state index in [0.29, 0.717) is 19.6 Å². The lowest BCUT2D eigenvalue weighted by Gasteiger charge is -2.42. The van der Waals surface area contributed by atoms with Gasteiger partial charge in [0.2, 0.25) is 0 Å². The SMILES string of the molecule is CC1(C)O[C@H]([C@@H](OCc2ccccc2)[C@H](CC#CBr)O[Si](C)(C)C(C)(C)C)[C@@H]([C@H]2COC(C)(C)O2)O1. The molecule has 202 valence electrons. The minimum absolute atomic E-state index is 0.0230. The second kappa shape index (κ2) is 11.5. The van der Waals surface area contributed by atoms with Gasteiger partial charge < -0.3 is 28.1 Å². The number of rotatable bonds is 9. The van der Waals surface area contributed by atoms with E-state index in [1.807, 2.05) is 45.9 Å². The standard InChI is InChI=1S/C28H43BrO6Si/c1-26(2,3)36(8,9)35-21(16-13-17-29)23(30-18-20-14-11-10-12-15-20)25-24(33-28(6,7)34-25)22-19-31-27(4,5)32-22/h10-12,14-15,21-25H,16,18-19H2,1-9H3/t21-,22+,23-,24+,25+/m0/s1. The number of benzene rings is 1. The average Bonchev–Trinajstić information content (AvgIpc) is 3.29. The molecule has 8 heteroatoms. The topological polar surface area (TPSA) is 55.4 Å². The molecule has 0 amide bonds. The van der Waals surface area contributed by atoms with Crippen molar-refractivity contribution >= 4 is 24.2 Å². The van der Waals surface area contributed by atoms with Crippen LogP contribution in [0.3, 0.4) is 0 Å². The number of hydrogen-bond acceptors (Lipinski definition) is 6. The van der Waals surface area contributed by atoms with Crippen molar-refractivity contribution in [2.45, 2.75) is 122 Å². The van der Waals surface area contributed by atoms with Crippen LogP contribution in [0.1, 0.15) is 60.5 Å². The zero-order valence-corrected chi connectivity index (χ0v) is 25.8. The highest BCUT2D eigenvalue weighted by molar-refractivity contribution is 9.12. The zero-order chi connectivity index (χ0) is 26.8. The molecule has 0 bridgehead atoms. The van der Waals surface area contributed by atoms with Gasteiger partial charge >= 0.3 is 0 Å². The Labute approximate surface area is 227 Å². The van der Waals surface area contributed by atoms with Gasteiger partial charge in [0.15, 0.2) is 19.9 Å². The van der Waals surface area contributed by atoms with E-state index in [2.05, 4.69) is 72.7 Å². The van der Waals surface area contributed by atoms with Crippen LogP contribution in [0.2, 0.25) is 18.1 Å². The Kier molecular flexibility index (Phi) is 9.55. The average molecular weight is 584 g/mol. The molecule has 5 atom stereocenters. The van der Waals surface area contributed by atoms with Crippen LogP contribution in [-0.4, -0.2) is 57.0 Å². The second-order valence-electron chi connectivity index (χ2n) is 12.1. The highest BCUT2D eigenvalue weighted by atomic mass is 79.9. The van der Waals surface area contributed by atoms with Gasteiger partial charge in [0.1, 0.15) is 24.4 Å². The summed E-state index contributed by atoms with van der Waals surface area (Å²) in [6.45, 7) is 19.7. The summed E-state index contributed by atoms with van der Waals surface area (Å²) in [6.07, 6.45) is -1.36. The summed E-state index contributed by atoms with van der Waals surface area (Å²) in [6, 6.07) is 10.1. The molecule has 0 N–H and O–H groups in total. The zero-order valence-electron chi connectivity index (χ0n) is 23.2. The maximum absolute atomic E-state index is 6.97. The van der Waals surface area contributed by atoms with Crippen molar-refractivity contribution in [1.82, 2.24) is 0 Å². The van der Waals surface area contributed by atoms with Gasteiger partial charge in [0.05, 0.1) is 19.3 Å². The molecule has 36 heavy (non-hydrogen) atoms. The number of halogens is 1. The van der Waals surface area contributed by atoms with Gasteiger partial charge in [0.25, 0.3) is 0 Å². The quantitative estimate of drug-likeness (QED) is 0.249. The predicted octanol–water partition coefficient (Wildman–Crippen LogP) is 6.38. The molecule has 2 heterocycles. The highest BCUT2D eigenvalue weighted by Crippen LogP contribution is 2.42. The monoisotopic (exact) mass is 582 g/mol. The largest absolute Gasteiger partial charge is 0.410 e. The summed E-state index contributed by atoms with van der Waals surface area (Å²) >= 11 is 3.26. The van der Waals surface area contributed by atoms with Crippen LogP contribution >= 0.6 is 15.9 Å². The number of ether oxygens (including phenoxy) is 5. The molecule has 6 nitrogen and oxygen atoms in total. The number of hydrogen-bond donors (Lipinski definition) is 0. The molecular formula is C28H43BrO6Si. The Morgan fingerprint density at radius 3 is 2.28 bits per heavy atom. The smallest absolute Gasteiger partial charge is 0.192 e. The Balaban J connectivity index is 1.98. The van der Waals surface area contributed by atoms with Crippen molar-refractivity contribution in [2.75, 3.05) is 6.61 Å². The molecular weight excluding hydrogens is 540 g/mol. The highest BCUT2D eigenvalue weighted by Gasteiger charge is 2.55. The lowest BCUT2D eigenvalue weighted by atomic mass is 9.97. The molecule has 0 spiro atoms. The molecule has 1 aromatic rings. The summed E-state index contributed by atoms with van der Waals surface area (Å²) < 4.78 is 38.7. The van der Waals surface area contributed by atoms with Crippen molar-refractivity contribution in [1.29, 1.82) is 0 Å². The lowest BCUT2D eigenvalue weighted by Crippen LogP contribution is -2.54. The summed E-state index contributed by atoms with van der Waals surface area (Å²) in [4.78, 5) is 2.86. The van der Waals surface area contributed by atoms with Gasteiger partial charge in [-0.25, -0.2) is 0 Å². The second-order valence-corrected chi connectivity index (χ2v) is 17.2. The van der Waals surface area contributed by atoms with Crippen LogP contribution in [0.5, 0.6) is 0 Å². The fraction of sp³-hybridized carbons (Fsp3) is 0.714. The summed E-state index contributed by atoms with van der Waals surface area (Å²) in [5.41, 5.74) is 1.08. The lowest BCUT2D eigenvalue weighted by molar-refractivity contribution is -0.177. The van der Waals surface area contributed by atoms with E-state index < -0.39 is 32.1 Å². The van der Waals surface area contributed by atoms with Crippen LogP contribution in [0.15, 0.2) is 30.3 Å². The van der Waals surface area contributed by atoms with Gasteiger partial charge in [0, 0.05) is 22.4 Å². The van der Waals surface area contributed by atoms with E-state index in [0.717, 1.165) is 5.56 Å². The third kappa shape index (κ3) is 7.64. The van der Waals surface area contributed by atoms with Crippen molar-refractivity contribution in [3.63, 3.8) is 0 Å². The van der Waals surface area contributed by atoms with Crippen LogP contribution in [0.4, 0.5) is 0 Å². The van der Waals surface area contributed by atoms with Crippen LogP contribution in [0.25, 0.3) is 0 Å². The molecule has 2 aliphatic heterocycles. The maximum Gasteiger partial charge on any atom is 0.192 e. The van der Waals surface area contributed by atoms with Gasteiger partial charge in [-0.3, -0.25) is 0 Å². The van der Waals surface area contributed by atoms with E-state index in [4.69, 9.17) is 28.1 Å². The van der Waals surface area contributed by atoms with E-state index >= 15 is 0 Å². The molecule has 2 saturated heterocycles. The van der Waals surface area contributed by atoms with Crippen molar-refractivity contribution in [3.8, 4) is 10.8 Å². The first-order valence-corrected chi connectivity index (χ1v) is 16.4. The van der Waals surface area contributed by atoms with Crippen molar-refractivity contribution in [2.24, 2.45) is 0 Å². The molecule has 1 aromatic carbocycles. The summed E-state index contributed by atoms with van der Waals surface area (Å²) in [7, 11) is -2.17. The molecule has 2 aliphatic rings. The minimum Gasteiger partial charge on any atom is -0.410 e. The normalized spacial score (nSPS) is 27.3. The van der Waals surface area contributed by atoms with Gasteiger partial charge in [-0.1, -0.05) is 57.0 Å².